The SMILES string of the molecule is Cn1cnc(C(=O)NC(c2ccc(Cl)cc2)c2ccn(C)n2)c1. The van der Waals surface area contributed by atoms with Crippen molar-refractivity contribution < 1.29 is 4.79 Å². The number of carbonyl (C=O) groups excluding carboxylic acids is 1. The molecule has 0 aliphatic heterocycles. The third-order valence-corrected chi connectivity index (χ3v) is 3.70. The lowest BCUT2D eigenvalue weighted by atomic mass is 10.0. The van der Waals surface area contributed by atoms with Gasteiger partial charge in [-0.15, -0.1) is 0 Å². The van der Waals surface area contributed by atoms with Crippen molar-refractivity contribution in [3.05, 3.63) is 71.0 Å². The van der Waals surface area contributed by atoms with Crippen LogP contribution in [0.2, 0.25) is 5.02 Å². The summed E-state index contributed by atoms with van der Waals surface area (Å²) in [5.74, 6) is -0.254. The third-order valence-electron chi connectivity index (χ3n) is 3.45. The fourth-order valence-corrected chi connectivity index (χ4v) is 2.43. The first-order chi connectivity index (χ1) is 11.0. The number of benzene rings is 1. The Hall–Kier alpha value is -2.60. The van der Waals surface area contributed by atoms with E-state index >= 15 is 0 Å². The minimum absolute atomic E-state index is 0.254. The monoisotopic (exact) mass is 329 g/mol. The number of hydrogen-bond acceptors (Lipinski definition) is 3. The number of amides is 1. The Morgan fingerprint density at radius 1 is 1.22 bits per heavy atom. The van der Waals surface area contributed by atoms with Gasteiger partial charge in [-0.05, 0) is 23.8 Å². The van der Waals surface area contributed by atoms with Crippen LogP contribution in [0.1, 0.15) is 27.8 Å². The Bertz CT molecular complexity index is 821. The van der Waals surface area contributed by atoms with Crippen LogP contribution in [-0.2, 0) is 14.1 Å². The highest BCUT2D eigenvalue weighted by Gasteiger charge is 2.21. The van der Waals surface area contributed by atoms with Crippen molar-refractivity contribution in [3.63, 3.8) is 0 Å². The fraction of sp³-hybridized carbons (Fsp3) is 0.188. The Morgan fingerprint density at radius 2 is 1.96 bits per heavy atom. The molecule has 23 heavy (non-hydrogen) atoms. The molecule has 2 heterocycles. The summed E-state index contributed by atoms with van der Waals surface area (Å²) >= 11 is 5.95. The van der Waals surface area contributed by atoms with Crippen LogP contribution in [0, 0.1) is 0 Å². The number of carbonyl (C=O) groups is 1. The maximum absolute atomic E-state index is 12.4. The van der Waals surface area contributed by atoms with Crippen LogP contribution < -0.4 is 5.32 Å². The molecular weight excluding hydrogens is 314 g/mol. The van der Waals surface area contributed by atoms with Gasteiger partial charge < -0.3 is 9.88 Å². The summed E-state index contributed by atoms with van der Waals surface area (Å²) in [6.45, 7) is 0. The molecule has 6 nitrogen and oxygen atoms in total. The van der Waals surface area contributed by atoms with Crippen LogP contribution in [-0.4, -0.2) is 25.2 Å². The molecule has 0 bridgehead atoms. The summed E-state index contributed by atoms with van der Waals surface area (Å²) in [6, 6.07) is 8.83. The number of halogens is 1. The highest BCUT2D eigenvalue weighted by molar-refractivity contribution is 6.30. The van der Waals surface area contributed by atoms with Gasteiger partial charge in [-0.2, -0.15) is 5.10 Å². The Morgan fingerprint density at radius 3 is 2.52 bits per heavy atom. The molecule has 7 heteroatoms. The molecule has 3 aromatic rings. The number of rotatable bonds is 4. The van der Waals surface area contributed by atoms with Gasteiger partial charge in [0.05, 0.1) is 18.1 Å². The van der Waals surface area contributed by atoms with E-state index in [1.807, 2.05) is 38.5 Å². The number of aryl methyl sites for hydroxylation is 2. The molecule has 0 spiro atoms. The lowest BCUT2D eigenvalue weighted by Gasteiger charge is -2.17. The van der Waals surface area contributed by atoms with E-state index in [2.05, 4.69) is 15.4 Å². The standard InChI is InChI=1S/C16H16ClN5O/c1-21-9-14(18-10-21)16(23)19-15(13-7-8-22(2)20-13)11-3-5-12(17)6-4-11/h3-10,15H,1-2H3,(H,19,23). The quantitative estimate of drug-likeness (QED) is 0.799. The largest absolute Gasteiger partial charge is 0.340 e. The van der Waals surface area contributed by atoms with Crippen molar-refractivity contribution in [1.82, 2.24) is 24.6 Å². The molecule has 0 aliphatic rings. The van der Waals surface area contributed by atoms with Gasteiger partial charge in [-0.3, -0.25) is 9.48 Å². The molecule has 1 unspecified atom stereocenters. The highest BCUT2D eigenvalue weighted by atomic mass is 35.5. The molecule has 2 aromatic heterocycles. The van der Waals surface area contributed by atoms with Gasteiger partial charge in [0.25, 0.3) is 5.91 Å². The first-order valence-corrected chi connectivity index (χ1v) is 7.44. The predicted octanol–water partition coefficient (Wildman–Crippen LogP) is 2.33. The summed E-state index contributed by atoms with van der Waals surface area (Å²) in [4.78, 5) is 16.5. The lowest BCUT2D eigenvalue weighted by Crippen LogP contribution is -2.30. The zero-order valence-electron chi connectivity index (χ0n) is 12.8. The summed E-state index contributed by atoms with van der Waals surface area (Å²) in [6.07, 6.45) is 5.10. The summed E-state index contributed by atoms with van der Waals surface area (Å²) in [5.41, 5.74) is 2.01. The van der Waals surface area contributed by atoms with Crippen LogP contribution in [0.3, 0.4) is 0 Å². The number of imidazole rings is 1. The molecule has 0 aliphatic carbocycles. The van der Waals surface area contributed by atoms with Crippen molar-refractivity contribution in [2.45, 2.75) is 6.04 Å². The molecule has 118 valence electrons. The molecule has 1 atom stereocenters. The molecule has 0 saturated carbocycles. The topological polar surface area (TPSA) is 64.7 Å². The van der Waals surface area contributed by atoms with E-state index in [0.29, 0.717) is 10.7 Å². The molecule has 1 N–H and O–H groups in total. The second kappa shape index (κ2) is 6.26. The predicted molar refractivity (Wildman–Crippen MR) is 87.2 cm³/mol. The first kappa shape index (κ1) is 15.3. The van der Waals surface area contributed by atoms with Gasteiger partial charge in [-0.25, -0.2) is 4.98 Å². The maximum atomic E-state index is 12.4. The average molecular weight is 330 g/mol. The second-order valence-corrected chi connectivity index (χ2v) is 5.73. The lowest BCUT2D eigenvalue weighted by molar-refractivity contribution is 0.0937. The Balaban J connectivity index is 1.92. The van der Waals surface area contributed by atoms with Gasteiger partial charge in [-0.1, -0.05) is 23.7 Å². The number of hydrogen-bond donors (Lipinski definition) is 1. The van der Waals surface area contributed by atoms with Crippen LogP contribution >= 0.6 is 11.6 Å². The van der Waals surface area contributed by atoms with E-state index in [-0.39, 0.29) is 11.9 Å². The minimum Gasteiger partial charge on any atom is -0.340 e. The van der Waals surface area contributed by atoms with Gasteiger partial charge >= 0.3 is 0 Å². The van der Waals surface area contributed by atoms with Crippen LogP contribution in [0.5, 0.6) is 0 Å². The molecule has 0 radical (unpaired) electrons. The van der Waals surface area contributed by atoms with E-state index < -0.39 is 0 Å². The molecular formula is C16H16ClN5O. The smallest absolute Gasteiger partial charge is 0.272 e. The number of aromatic nitrogens is 4. The van der Waals surface area contributed by atoms with E-state index in [0.717, 1.165) is 11.3 Å². The second-order valence-electron chi connectivity index (χ2n) is 5.30. The maximum Gasteiger partial charge on any atom is 0.272 e. The van der Waals surface area contributed by atoms with Crippen molar-refractivity contribution in [3.8, 4) is 0 Å². The van der Waals surface area contributed by atoms with Gasteiger partial charge in [0.15, 0.2) is 0 Å². The minimum atomic E-state index is -0.372. The molecule has 3 rings (SSSR count). The van der Waals surface area contributed by atoms with Crippen LogP contribution in [0.25, 0.3) is 0 Å². The number of nitrogens with zero attached hydrogens (tertiary/aromatic N) is 4. The summed E-state index contributed by atoms with van der Waals surface area (Å²) in [5, 5.41) is 8.03. The zero-order valence-corrected chi connectivity index (χ0v) is 13.5. The van der Waals surface area contributed by atoms with E-state index in [1.165, 1.54) is 0 Å². The first-order valence-electron chi connectivity index (χ1n) is 7.07. The van der Waals surface area contributed by atoms with E-state index in [1.54, 1.807) is 33.9 Å². The fourth-order valence-electron chi connectivity index (χ4n) is 2.31. The number of nitrogens with one attached hydrogen (secondary N) is 1. The normalized spacial score (nSPS) is 12.1. The van der Waals surface area contributed by atoms with Crippen molar-refractivity contribution in [2.24, 2.45) is 14.1 Å². The van der Waals surface area contributed by atoms with Crippen LogP contribution in [0.4, 0.5) is 0 Å². The summed E-state index contributed by atoms with van der Waals surface area (Å²) in [7, 11) is 3.65. The highest BCUT2D eigenvalue weighted by Crippen LogP contribution is 2.22. The van der Waals surface area contributed by atoms with Crippen molar-refractivity contribution in [1.29, 1.82) is 0 Å². The van der Waals surface area contributed by atoms with E-state index in [9.17, 15) is 4.79 Å². The molecule has 1 aromatic carbocycles. The molecule has 0 saturated heterocycles. The molecule has 1 amide bonds. The van der Waals surface area contributed by atoms with Crippen LogP contribution in [0.15, 0.2) is 49.1 Å². The Kier molecular flexibility index (Phi) is 4.16. The Labute approximate surface area is 138 Å². The van der Waals surface area contributed by atoms with E-state index in [4.69, 9.17) is 11.6 Å². The van der Waals surface area contributed by atoms with Gasteiger partial charge in [0.2, 0.25) is 0 Å². The van der Waals surface area contributed by atoms with Gasteiger partial charge in [0, 0.05) is 31.5 Å². The third kappa shape index (κ3) is 3.43. The summed E-state index contributed by atoms with van der Waals surface area (Å²) < 4.78 is 3.43. The average Bonchev–Trinajstić information content (AvgIpc) is 3.14. The van der Waals surface area contributed by atoms with Crippen molar-refractivity contribution in [2.75, 3.05) is 0 Å². The van der Waals surface area contributed by atoms with Gasteiger partial charge in [0.1, 0.15) is 5.69 Å². The molecule has 0 fully saturated rings. The van der Waals surface area contributed by atoms with Crippen molar-refractivity contribution >= 4 is 17.5 Å². The zero-order chi connectivity index (χ0) is 16.4.